The van der Waals surface area contributed by atoms with Gasteiger partial charge < -0.3 is 19.3 Å². The van der Waals surface area contributed by atoms with E-state index in [0.717, 1.165) is 64.4 Å². The number of rotatable bonds is 5. The minimum Gasteiger partial charge on any atom is -0.497 e. The second kappa shape index (κ2) is 9.06. The van der Waals surface area contributed by atoms with Gasteiger partial charge in [-0.3, -0.25) is 4.90 Å². The summed E-state index contributed by atoms with van der Waals surface area (Å²) in [5, 5.41) is 0. The average molecular weight is 347 g/mol. The molecule has 2 amide bonds. The molecule has 6 nitrogen and oxygen atoms in total. The second-order valence-corrected chi connectivity index (χ2v) is 6.67. The summed E-state index contributed by atoms with van der Waals surface area (Å²) in [5.74, 6) is 0.924. The van der Waals surface area contributed by atoms with Crippen molar-refractivity contribution >= 4 is 6.03 Å². The van der Waals surface area contributed by atoms with Gasteiger partial charge in [0.15, 0.2) is 0 Å². The van der Waals surface area contributed by atoms with Crippen molar-refractivity contribution in [2.24, 2.45) is 0 Å². The summed E-state index contributed by atoms with van der Waals surface area (Å²) in [6.07, 6.45) is 2.19. The normalized spacial score (nSPS) is 19.1. The van der Waals surface area contributed by atoms with Gasteiger partial charge in [-0.05, 0) is 37.1 Å². The number of nitrogens with zero attached hydrogens (tertiary/aromatic N) is 3. The van der Waals surface area contributed by atoms with Crippen molar-refractivity contribution in [3.63, 3.8) is 0 Å². The van der Waals surface area contributed by atoms with E-state index in [2.05, 4.69) is 17.0 Å². The molecular formula is C19H29N3O3. The largest absolute Gasteiger partial charge is 0.497 e. The van der Waals surface area contributed by atoms with E-state index in [-0.39, 0.29) is 6.03 Å². The fourth-order valence-corrected chi connectivity index (χ4v) is 3.45. The van der Waals surface area contributed by atoms with Crippen LogP contribution in [-0.2, 0) is 11.2 Å². The Morgan fingerprint density at radius 1 is 1.08 bits per heavy atom. The van der Waals surface area contributed by atoms with E-state index in [4.69, 9.17) is 9.47 Å². The smallest absolute Gasteiger partial charge is 0.320 e. The van der Waals surface area contributed by atoms with Crippen molar-refractivity contribution in [3.8, 4) is 5.75 Å². The summed E-state index contributed by atoms with van der Waals surface area (Å²) in [6, 6.07) is 8.47. The minimum absolute atomic E-state index is 0.180. The summed E-state index contributed by atoms with van der Waals surface area (Å²) >= 11 is 0. The molecule has 138 valence electrons. The SMILES string of the molecule is COc1cccc(CCCN2CCN(C(=O)N3CCOCC3)CC2)c1. The third-order valence-corrected chi connectivity index (χ3v) is 5.00. The van der Waals surface area contributed by atoms with Crippen LogP contribution in [0.1, 0.15) is 12.0 Å². The molecule has 2 heterocycles. The van der Waals surface area contributed by atoms with Crippen LogP contribution in [-0.4, -0.2) is 86.9 Å². The van der Waals surface area contributed by atoms with Crippen LogP contribution >= 0.6 is 0 Å². The van der Waals surface area contributed by atoms with E-state index in [9.17, 15) is 4.79 Å². The Kier molecular flexibility index (Phi) is 6.53. The molecule has 0 aromatic heterocycles. The summed E-state index contributed by atoms with van der Waals surface area (Å²) < 4.78 is 10.6. The number of urea groups is 1. The fraction of sp³-hybridized carbons (Fsp3) is 0.632. The molecule has 0 bridgehead atoms. The zero-order chi connectivity index (χ0) is 17.5. The molecule has 0 N–H and O–H groups in total. The Morgan fingerprint density at radius 3 is 2.52 bits per heavy atom. The standard InChI is InChI=1S/C19H29N3O3/c1-24-18-6-2-4-17(16-18)5-3-7-20-8-10-21(11-9-20)19(23)22-12-14-25-15-13-22/h2,4,6,16H,3,5,7-15H2,1H3. The van der Waals surface area contributed by atoms with E-state index in [1.54, 1.807) is 7.11 Å². The summed E-state index contributed by atoms with van der Waals surface area (Å²) in [6.45, 7) is 7.44. The number of carbonyl (C=O) groups is 1. The van der Waals surface area contributed by atoms with Crippen molar-refractivity contribution in [3.05, 3.63) is 29.8 Å². The molecule has 6 heteroatoms. The van der Waals surface area contributed by atoms with Gasteiger partial charge in [0.2, 0.25) is 0 Å². The maximum absolute atomic E-state index is 12.5. The number of hydrogen-bond acceptors (Lipinski definition) is 4. The summed E-state index contributed by atoms with van der Waals surface area (Å²) in [4.78, 5) is 18.9. The molecule has 0 radical (unpaired) electrons. The lowest BCUT2D eigenvalue weighted by Gasteiger charge is -2.38. The number of hydrogen-bond donors (Lipinski definition) is 0. The highest BCUT2D eigenvalue weighted by atomic mass is 16.5. The van der Waals surface area contributed by atoms with Crippen LogP contribution in [0.15, 0.2) is 24.3 Å². The van der Waals surface area contributed by atoms with Crippen molar-refractivity contribution in [2.75, 3.05) is 66.1 Å². The lowest BCUT2D eigenvalue weighted by Crippen LogP contribution is -2.54. The first-order valence-electron chi connectivity index (χ1n) is 9.23. The number of aryl methyl sites for hydroxylation is 1. The monoisotopic (exact) mass is 347 g/mol. The van der Waals surface area contributed by atoms with Crippen molar-refractivity contribution in [2.45, 2.75) is 12.8 Å². The van der Waals surface area contributed by atoms with Gasteiger partial charge in [0.05, 0.1) is 20.3 Å². The quantitative estimate of drug-likeness (QED) is 0.813. The zero-order valence-corrected chi connectivity index (χ0v) is 15.2. The van der Waals surface area contributed by atoms with Crippen LogP contribution < -0.4 is 4.74 Å². The van der Waals surface area contributed by atoms with Gasteiger partial charge in [-0.2, -0.15) is 0 Å². The van der Waals surface area contributed by atoms with Crippen LogP contribution in [0.4, 0.5) is 4.79 Å². The molecule has 3 rings (SSSR count). The van der Waals surface area contributed by atoms with Crippen LogP contribution in [0.25, 0.3) is 0 Å². The van der Waals surface area contributed by atoms with Crippen LogP contribution in [0, 0.1) is 0 Å². The molecule has 0 unspecified atom stereocenters. The van der Waals surface area contributed by atoms with E-state index in [0.29, 0.717) is 13.2 Å². The number of methoxy groups -OCH3 is 1. The highest BCUT2D eigenvalue weighted by Gasteiger charge is 2.26. The van der Waals surface area contributed by atoms with Gasteiger partial charge in [-0.15, -0.1) is 0 Å². The van der Waals surface area contributed by atoms with E-state index >= 15 is 0 Å². The number of carbonyl (C=O) groups excluding carboxylic acids is 1. The number of morpholine rings is 1. The van der Waals surface area contributed by atoms with Crippen molar-refractivity contribution in [1.82, 2.24) is 14.7 Å². The van der Waals surface area contributed by atoms with Crippen LogP contribution in [0.5, 0.6) is 5.75 Å². The molecule has 0 aliphatic carbocycles. The predicted molar refractivity (Wildman–Crippen MR) is 97.1 cm³/mol. The molecule has 0 saturated carbocycles. The highest BCUT2D eigenvalue weighted by Crippen LogP contribution is 2.14. The minimum atomic E-state index is 0.180. The summed E-state index contributed by atoms with van der Waals surface area (Å²) in [5.41, 5.74) is 1.32. The van der Waals surface area contributed by atoms with E-state index in [1.807, 2.05) is 21.9 Å². The average Bonchev–Trinajstić information content (AvgIpc) is 2.69. The lowest BCUT2D eigenvalue weighted by molar-refractivity contribution is 0.0376. The number of ether oxygens (including phenoxy) is 2. The molecule has 1 aromatic carbocycles. The van der Waals surface area contributed by atoms with Gasteiger partial charge in [0.1, 0.15) is 5.75 Å². The van der Waals surface area contributed by atoms with Gasteiger partial charge in [-0.1, -0.05) is 12.1 Å². The van der Waals surface area contributed by atoms with Gasteiger partial charge in [0, 0.05) is 39.3 Å². The number of piperazine rings is 1. The van der Waals surface area contributed by atoms with Gasteiger partial charge >= 0.3 is 6.03 Å². The Morgan fingerprint density at radius 2 is 1.80 bits per heavy atom. The van der Waals surface area contributed by atoms with E-state index < -0.39 is 0 Å². The highest BCUT2D eigenvalue weighted by molar-refractivity contribution is 5.74. The Balaban J connectivity index is 1.36. The molecule has 0 spiro atoms. The maximum Gasteiger partial charge on any atom is 0.320 e. The molecule has 2 aliphatic rings. The zero-order valence-electron chi connectivity index (χ0n) is 15.2. The van der Waals surface area contributed by atoms with E-state index in [1.165, 1.54) is 5.56 Å². The third kappa shape index (κ3) is 5.09. The third-order valence-electron chi connectivity index (χ3n) is 5.00. The topological polar surface area (TPSA) is 45.2 Å². The first-order valence-corrected chi connectivity index (χ1v) is 9.23. The Hall–Kier alpha value is -1.79. The van der Waals surface area contributed by atoms with Crippen molar-refractivity contribution < 1.29 is 14.3 Å². The molecule has 1 aromatic rings. The molecule has 25 heavy (non-hydrogen) atoms. The number of amides is 2. The first kappa shape index (κ1) is 18.0. The van der Waals surface area contributed by atoms with Crippen LogP contribution in [0.2, 0.25) is 0 Å². The summed E-state index contributed by atoms with van der Waals surface area (Å²) in [7, 11) is 1.71. The molecular weight excluding hydrogens is 318 g/mol. The Bertz CT molecular complexity index is 553. The molecule has 2 saturated heterocycles. The first-order chi connectivity index (χ1) is 12.3. The molecule has 0 atom stereocenters. The Labute approximate surface area is 150 Å². The lowest BCUT2D eigenvalue weighted by atomic mass is 10.1. The van der Waals surface area contributed by atoms with Crippen LogP contribution in [0.3, 0.4) is 0 Å². The predicted octanol–water partition coefficient (Wildman–Crippen LogP) is 1.70. The van der Waals surface area contributed by atoms with Gasteiger partial charge in [-0.25, -0.2) is 4.79 Å². The molecule has 2 aliphatic heterocycles. The maximum atomic E-state index is 12.5. The molecule has 2 fully saturated rings. The fourth-order valence-electron chi connectivity index (χ4n) is 3.45. The van der Waals surface area contributed by atoms with Gasteiger partial charge in [0.25, 0.3) is 0 Å². The van der Waals surface area contributed by atoms with Crippen molar-refractivity contribution in [1.29, 1.82) is 0 Å². The second-order valence-electron chi connectivity index (χ2n) is 6.67. The number of benzene rings is 1.